The van der Waals surface area contributed by atoms with Gasteiger partial charge in [-0.25, -0.2) is 21.6 Å². The number of hydrogen-bond acceptors (Lipinski definition) is 5. The molecular weight excluding hydrogens is 488 g/mol. The first-order valence-corrected chi connectivity index (χ1v) is 13.6. The molecule has 2 aromatic carbocycles. The van der Waals surface area contributed by atoms with E-state index in [-0.39, 0.29) is 29.2 Å². The Morgan fingerprint density at radius 1 is 1.06 bits per heavy atom. The quantitative estimate of drug-likeness (QED) is 0.372. The van der Waals surface area contributed by atoms with E-state index in [2.05, 4.69) is 4.72 Å². The second kappa shape index (κ2) is 10.8. The number of nitrogens with zero attached hydrogens (tertiary/aromatic N) is 1. The average molecular weight is 513 g/mol. The van der Waals surface area contributed by atoms with Crippen molar-refractivity contribution in [3.05, 3.63) is 71.8 Å². The van der Waals surface area contributed by atoms with E-state index in [0.717, 1.165) is 0 Å². The summed E-state index contributed by atoms with van der Waals surface area (Å²) < 4.78 is 56.0. The van der Waals surface area contributed by atoms with Gasteiger partial charge >= 0.3 is 5.97 Å². The Morgan fingerprint density at radius 2 is 1.73 bits per heavy atom. The topological polar surface area (TPSA) is 121 Å². The second-order valence-electron chi connectivity index (χ2n) is 7.68. The molecule has 2 N–H and O–H groups in total. The maximum Gasteiger partial charge on any atom is 0.303 e. The number of halogens is 1. The highest BCUT2D eigenvalue weighted by Gasteiger charge is 2.40. The number of hydrogen-bond donors (Lipinski definition) is 2. The first-order valence-electron chi connectivity index (χ1n) is 10.3. The third-order valence-electron chi connectivity index (χ3n) is 5.21. The summed E-state index contributed by atoms with van der Waals surface area (Å²) in [4.78, 5) is 10.8. The van der Waals surface area contributed by atoms with Gasteiger partial charge in [-0.3, -0.25) is 4.79 Å². The number of sulfonamides is 2. The van der Waals surface area contributed by atoms with Crippen LogP contribution in [0.4, 0.5) is 0 Å². The van der Waals surface area contributed by atoms with Crippen LogP contribution in [0.2, 0.25) is 5.02 Å². The number of allylic oxidation sites excluding steroid dienone is 1. The number of carboxylic acids is 1. The van der Waals surface area contributed by atoms with Gasteiger partial charge in [-0.05, 0) is 55.7 Å². The fourth-order valence-electron chi connectivity index (χ4n) is 3.63. The first-order chi connectivity index (χ1) is 15.6. The SMILES string of the molecule is O=C(O)CCC/C=C/[C@@H]1C[C@@H](NS(=O)(=O)c2ccccc2)CN1S(=O)(=O)c1ccc(Cl)cc1. The summed E-state index contributed by atoms with van der Waals surface area (Å²) in [6.45, 7) is -0.0405. The first kappa shape index (κ1) is 25.4. The van der Waals surface area contributed by atoms with Crippen LogP contribution in [-0.2, 0) is 24.8 Å². The smallest absolute Gasteiger partial charge is 0.303 e. The molecular formula is C22H25ClN2O6S2. The summed E-state index contributed by atoms with van der Waals surface area (Å²) in [7, 11) is -7.74. The molecule has 0 aliphatic carbocycles. The summed E-state index contributed by atoms with van der Waals surface area (Å²) in [5.74, 6) is -0.897. The van der Waals surface area contributed by atoms with E-state index in [4.69, 9.17) is 16.7 Å². The molecule has 0 spiro atoms. The van der Waals surface area contributed by atoms with Gasteiger partial charge in [-0.2, -0.15) is 4.31 Å². The number of aliphatic carboxylic acids is 1. The van der Waals surface area contributed by atoms with Crippen LogP contribution in [0.1, 0.15) is 25.7 Å². The minimum absolute atomic E-state index is 0.0152. The molecule has 11 heteroatoms. The predicted octanol–water partition coefficient (Wildman–Crippen LogP) is 3.26. The Labute approximate surface area is 199 Å². The van der Waals surface area contributed by atoms with E-state index >= 15 is 0 Å². The number of benzene rings is 2. The molecule has 1 saturated heterocycles. The monoisotopic (exact) mass is 512 g/mol. The van der Waals surface area contributed by atoms with Crippen LogP contribution in [-0.4, -0.2) is 50.8 Å². The molecule has 0 aromatic heterocycles. The zero-order valence-electron chi connectivity index (χ0n) is 17.7. The molecule has 0 saturated carbocycles. The van der Waals surface area contributed by atoms with Gasteiger partial charge in [-0.15, -0.1) is 0 Å². The Balaban J connectivity index is 1.82. The van der Waals surface area contributed by atoms with Crippen LogP contribution in [0.25, 0.3) is 0 Å². The zero-order valence-corrected chi connectivity index (χ0v) is 20.1. The van der Waals surface area contributed by atoms with E-state index in [1.165, 1.54) is 40.7 Å². The van der Waals surface area contributed by atoms with Gasteiger partial charge in [0.05, 0.1) is 9.79 Å². The molecule has 0 amide bonds. The molecule has 8 nitrogen and oxygen atoms in total. The van der Waals surface area contributed by atoms with E-state index in [1.54, 1.807) is 30.4 Å². The van der Waals surface area contributed by atoms with Crippen molar-refractivity contribution < 1.29 is 26.7 Å². The summed E-state index contributed by atoms with van der Waals surface area (Å²) >= 11 is 5.89. The van der Waals surface area contributed by atoms with Crippen molar-refractivity contribution >= 4 is 37.6 Å². The Kier molecular flexibility index (Phi) is 8.30. The molecule has 1 aliphatic heterocycles. The van der Waals surface area contributed by atoms with Gasteiger partial charge in [0, 0.05) is 30.1 Å². The number of carboxylic acid groups (broad SMARTS) is 1. The van der Waals surface area contributed by atoms with Crippen molar-refractivity contribution in [1.29, 1.82) is 0 Å². The highest BCUT2D eigenvalue weighted by Crippen LogP contribution is 2.29. The highest BCUT2D eigenvalue weighted by atomic mass is 35.5. The minimum Gasteiger partial charge on any atom is -0.481 e. The van der Waals surface area contributed by atoms with Gasteiger partial charge in [0.15, 0.2) is 0 Å². The zero-order chi connectivity index (χ0) is 24.1. The molecule has 33 heavy (non-hydrogen) atoms. The standard InChI is InChI=1S/C22H25ClN2O6S2/c23-17-11-13-21(14-12-17)33(30,31)25-16-18(15-19(25)7-3-1-6-10-22(26)27)24-32(28,29)20-8-4-2-5-9-20/h2-5,7-9,11-14,18-19,24H,1,6,10,15-16H2,(H,26,27)/b7-3+/t18-,19-/m1/s1. The van der Waals surface area contributed by atoms with Crippen molar-refractivity contribution in [2.45, 2.75) is 47.6 Å². The summed E-state index contributed by atoms with van der Waals surface area (Å²) in [5.41, 5.74) is 0. The molecule has 2 atom stereocenters. The van der Waals surface area contributed by atoms with Crippen LogP contribution in [0.5, 0.6) is 0 Å². The van der Waals surface area contributed by atoms with Gasteiger partial charge in [0.25, 0.3) is 0 Å². The van der Waals surface area contributed by atoms with Gasteiger partial charge in [0.1, 0.15) is 0 Å². The number of rotatable bonds is 10. The molecule has 0 unspecified atom stereocenters. The number of nitrogens with one attached hydrogen (secondary N) is 1. The lowest BCUT2D eigenvalue weighted by atomic mass is 10.1. The maximum absolute atomic E-state index is 13.3. The molecule has 1 aliphatic rings. The van der Waals surface area contributed by atoms with Crippen LogP contribution >= 0.6 is 11.6 Å². The van der Waals surface area contributed by atoms with Crippen LogP contribution in [0.3, 0.4) is 0 Å². The van der Waals surface area contributed by atoms with Crippen molar-refractivity contribution in [2.75, 3.05) is 6.54 Å². The minimum atomic E-state index is -3.92. The van der Waals surface area contributed by atoms with Crippen molar-refractivity contribution in [1.82, 2.24) is 9.03 Å². The molecule has 0 bridgehead atoms. The fraction of sp³-hybridized carbons (Fsp3) is 0.318. The van der Waals surface area contributed by atoms with Crippen molar-refractivity contribution in [2.24, 2.45) is 0 Å². The largest absolute Gasteiger partial charge is 0.481 e. The second-order valence-corrected chi connectivity index (χ2v) is 11.7. The molecule has 1 heterocycles. The normalized spacial score (nSPS) is 19.8. The fourth-order valence-corrected chi connectivity index (χ4v) is 6.65. The Morgan fingerprint density at radius 3 is 2.36 bits per heavy atom. The predicted molar refractivity (Wildman–Crippen MR) is 125 cm³/mol. The maximum atomic E-state index is 13.3. The lowest BCUT2D eigenvalue weighted by Crippen LogP contribution is -2.39. The average Bonchev–Trinajstić information content (AvgIpc) is 3.17. The van der Waals surface area contributed by atoms with E-state index in [1.807, 2.05) is 0 Å². The van der Waals surface area contributed by atoms with Crippen molar-refractivity contribution in [3.63, 3.8) is 0 Å². The molecule has 2 aromatic rings. The Hall–Kier alpha value is -2.24. The molecule has 0 radical (unpaired) electrons. The Bertz CT molecular complexity index is 1200. The van der Waals surface area contributed by atoms with Gasteiger partial charge < -0.3 is 5.11 Å². The van der Waals surface area contributed by atoms with E-state index < -0.39 is 38.1 Å². The van der Waals surface area contributed by atoms with E-state index in [9.17, 15) is 21.6 Å². The number of carbonyl (C=O) groups is 1. The molecule has 178 valence electrons. The summed E-state index contributed by atoms with van der Waals surface area (Å²) in [6, 6.07) is 12.4. The number of unbranched alkanes of at least 4 members (excludes halogenated alkanes) is 1. The lowest BCUT2D eigenvalue weighted by Gasteiger charge is -2.22. The van der Waals surface area contributed by atoms with Gasteiger partial charge in [0.2, 0.25) is 20.0 Å². The van der Waals surface area contributed by atoms with Gasteiger partial charge in [-0.1, -0.05) is 42.0 Å². The third-order valence-corrected chi connectivity index (χ3v) is 8.91. The van der Waals surface area contributed by atoms with E-state index in [0.29, 0.717) is 17.9 Å². The summed E-state index contributed by atoms with van der Waals surface area (Å²) in [5, 5.41) is 9.17. The van der Waals surface area contributed by atoms with Crippen molar-refractivity contribution in [3.8, 4) is 0 Å². The summed E-state index contributed by atoms with van der Waals surface area (Å²) in [6.07, 6.45) is 4.60. The highest BCUT2D eigenvalue weighted by molar-refractivity contribution is 7.89. The van der Waals surface area contributed by atoms with Crippen LogP contribution in [0.15, 0.2) is 76.5 Å². The third kappa shape index (κ3) is 6.64. The van der Waals surface area contributed by atoms with Crippen LogP contribution in [0, 0.1) is 0 Å². The molecule has 3 rings (SSSR count). The van der Waals surface area contributed by atoms with Crippen LogP contribution < -0.4 is 4.72 Å². The lowest BCUT2D eigenvalue weighted by molar-refractivity contribution is -0.137. The molecule has 1 fully saturated rings.